The van der Waals surface area contributed by atoms with Crippen LogP contribution in [0.25, 0.3) is 0 Å². The SMILES string of the molecule is CCCCCc1ccc(S(=O)(=O)Nc2ccc(N3CCCCC3)c(C(=O)OCC)c2)cc1. The number of piperidine rings is 1. The Hall–Kier alpha value is -2.54. The van der Waals surface area contributed by atoms with Crippen LogP contribution in [0.2, 0.25) is 0 Å². The largest absolute Gasteiger partial charge is 0.462 e. The molecule has 1 saturated heterocycles. The number of esters is 1. The molecule has 0 spiro atoms. The van der Waals surface area contributed by atoms with Crippen LogP contribution >= 0.6 is 0 Å². The molecule has 0 radical (unpaired) electrons. The minimum absolute atomic E-state index is 0.203. The van der Waals surface area contributed by atoms with E-state index in [1.54, 1.807) is 31.2 Å². The van der Waals surface area contributed by atoms with Gasteiger partial charge in [-0.15, -0.1) is 0 Å². The van der Waals surface area contributed by atoms with Gasteiger partial charge in [-0.3, -0.25) is 4.72 Å². The Labute approximate surface area is 192 Å². The topological polar surface area (TPSA) is 75.7 Å². The molecule has 1 fully saturated rings. The van der Waals surface area contributed by atoms with Crippen LogP contribution in [0.5, 0.6) is 0 Å². The third kappa shape index (κ3) is 6.25. The second kappa shape index (κ2) is 11.4. The highest BCUT2D eigenvalue weighted by atomic mass is 32.2. The first-order valence-electron chi connectivity index (χ1n) is 11.6. The van der Waals surface area contributed by atoms with Crippen LogP contribution in [-0.4, -0.2) is 34.1 Å². The number of hydrogen-bond acceptors (Lipinski definition) is 5. The summed E-state index contributed by atoms with van der Waals surface area (Å²) in [7, 11) is -3.76. The van der Waals surface area contributed by atoms with Gasteiger partial charge in [-0.2, -0.15) is 0 Å². The molecular weight excluding hydrogens is 424 g/mol. The summed E-state index contributed by atoms with van der Waals surface area (Å²) >= 11 is 0. The molecule has 1 aliphatic heterocycles. The fourth-order valence-electron chi connectivity index (χ4n) is 4.01. The van der Waals surface area contributed by atoms with Crippen molar-refractivity contribution in [3.63, 3.8) is 0 Å². The van der Waals surface area contributed by atoms with Crippen molar-refractivity contribution in [1.82, 2.24) is 0 Å². The number of nitrogens with zero attached hydrogens (tertiary/aromatic N) is 1. The minimum atomic E-state index is -3.76. The third-order valence-electron chi connectivity index (χ3n) is 5.74. The molecule has 0 bridgehead atoms. The number of nitrogens with one attached hydrogen (secondary N) is 1. The number of ether oxygens (including phenoxy) is 1. The summed E-state index contributed by atoms with van der Waals surface area (Å²) in [6.45, 7) is 5.94. The molecule has 0 atom stereocenters. The molecule has 2 aromatic rings. The zero-order chi connectivity index (χ0) is 23.0. The maximum atomic E-state index is 12.9. The average Bonchev–Trinajstić information content (AvgIpc) is 2.80. The number of benzene rings is 2. The van der Waals surface area contributed by atoms with E-state index in [0.717, 1.165) is 62.9 Å². The highest BCUT2D eigenvalue weighted by molar-refractivity contribution is 7.92. The van der Waals surface area contributed by atoms with E-state index in [9.17, 15) is 13.2 Å². The summed E-state index contributed by atoms with van der Waals surface area (Å²) < 4.78 is 33.7. The van der Waals surface area contributed by atoms with E-state index in [2.05, 4.69) is 16.5 Å². The number of unbranched alkanes of at least 4 members (excludes halogenated alkanes) is 2. The molecule has 0 aromatic heterocycles. The standard InChI is InChI=1S/C25H34N2O4S/c1-3-5-7-10-20-11-14-22(15-12-20)32(29,30)26-21-13-16-24(27-17-8-6-9-18-27)23(19-21)25(28)31-4-2/h11-16,19,26H,3-10,17-18H2,1-2H3. The molecule has 1 heterocycles. The van der Waals surface area contributed by atoms with Gasteiger partial charge < -0.3 is 9.64 Å². The molecule has 6 nitrogen and oxygen atoms in total. The molecule has 7 heteroatoms. The molecule has 32 heavy (non-hydrogen) atoms. The summed E-state index contributed by atoms with van der Waals surface area (Å²) in [5.74, 6) is -0.439. The number of sulfonamides is 1. The van der Waals surface area contributed by atoms with E-state index in [1.807, 2.05) is 18.2 Å². The predicted octanol–water partition coefficient (Wildman–Crippen LogP) is 5.39. The average molecular weight is 459 g/mol. The summed E-state index contributed by atoms with van der Waals surface area (Å²) in [5, 5.41) is 0. The van der Waals surface area contributed by atoms with Gasteiger partial charge in [0.1, 0.15) is 0 Å². The molecule has 0 saturated carbocycles. The number of aryl methyl sites for hydroxylation is 1. The molecule has 174 valence electrons. The molecule has 2 aromatic carbocycles. The van der Waals surface area contributed by atoms with E-state index in [0.29, 0.717) is 11.3 Å². The van der Waals surface area contributed by atoms with Gasteiger partial charge in [-0.1, -0.05) is 31.9 Å². The Morgan fingerprint density at radius 1 is 1.00 bits per heavy atom. The predicted molar refractivity (Wildman–Crippen MR) is 129 cm³/mol. The Kier molecular flexibility index (Phi) is 8.56. The molecular formula is C25H34N2O4S. The Morgan fingerprint density at radius 2 is 1.72 bits per heavy atom. The van der Waals surface area contributed by atoms with Crippen molar-refractivity contribution in [2.75, 3.05) is 29.3 Å². The van der Waals surface area contributed by atoms with Gasteiger partial charge in [-0.25, -0.2) is 13.2 Å². The van der Waals surface area contributed by atoms with E-state index >= 15 is 0 Å². The smallest absolute Gasteiger partial charge is 0.340 e. The summed E-state index contributed by atoms with van der Waals surface area (Å²) in [6, 6.07) is 12.1. The summed E-state index contributed by atoms with van der Waals surface area (Å²) in [5.41, 5.74) is 2.66. The Bertz CT molecular complexity index is 997. The molecule has 0 unspecified atom stereocenters. The number of hydrogen-bond donors (Lipinski definition) is 1. The number of carbonyl (C=O) groups excluding carboxylic acids is 1. The Balaban J connectivity index is 1.80. The maximum Gasteiger partial charge on any atom is 0.340 e. The van der Waals surface area contributed by atoms with Crippen LogP contribution in [0.15, 0.2) is 47.4 Å². The van der Waals surface area contributed by atoms with E-state index in [1.165, 1.54) is 6.42 Å². The lowest BCUT2D eigenvalue weighted by molar-refractivity contribution is 0.0527. The van der Waals surface area contributed by atoms with Crippen molar-refractivity contribution in [3.05, 3.63) is 53.6 Å². The fraction of sp³-hybridized carbons (Fsp3) is 0.480. The van der Waals surface area contributed by atoms with Crippen molar-refractivity contribution < 1.29 is 17.9 Å². The monoisotopic (exact) mass is 458 g/mol. The van der Waals surface area contributed by atoms with Gasteiger partial charge >= 0.3 is 5.97 Å². The molecule has 1 N–H and O–H groups in total. The quantitative estimate of drug-likeness (QED) is 0.382. The first-order chi connectivity index (χ1) is 15.4. The van der Waals surface area contributed by atoms with Crippen LogP contribution in [-0.2, 0) is 21.2 Å². The first-order valence-corrected chi connectivity index (χ1v) is 13.1. The lowest BCUT2D eigenvalue weighted by Crippen LogP contribution is -2.31. The lowest BCUT2D eigenvalue weighted by atomic mass is 10.1. The van der Waals surface area contributed by atoms with Crippen molar-refractivity contribution in [2.24, 2.45) is 0 Å². The highest BCUT2D eigenvalue weighted by Crippen LogP contribution is 2.29. The van der Waals surface area contributed by atoms with E-state index in [4.69, 9.17) is 4.74 Å². The zero-order valence-electron chi connectivity index (χ0n) is 19.1. The van der Waals surface area contributed by atoms with Crippen molar-refractivity contribution in [3.8, 4) is 0 Å². The second-order valence-corrected chi connectivity index (χ2v) is 9.89. The van der Waals surface area contributed by atoms with E-state index in [-0.39, 0.29) is 11.5 Å². The first kappa shape index (κ1) is 24.1. The van der Waals surface area contributed by atoms with Gasteiger partial charge in [0.25, 0.3) is 10.0 Å². The number of anilines is 2. The Morgan fingerprint density at radius 3 is 2.38 bits per heavy atom. The van der Waals surface area contributed by atoms with Crippen molar-refractivity contribution in [1.29, 1.82) is 0 Å². The normalized spacial score (nSPS) is 14.2. The van der Waals surface area contributed by atoms with Crippen LogP contribution < -0.4 is 9.62 Å². The third-order valence-corrected chi connectivity index (χ3v) is 7.14. The van der Waals surface area contributed by atoms with Crippen molar-refractivity contribution in [2.45, 2.75) is 63.7 Å². The fourth-order valence-corrected chi connectivity index (χ4v) is 5.06. The highest BCUT2D eigenvalue weighted by Gasteiger charge is 2.22. The van der Waals surface area contributed by atoms with Crippen molar-refractivity contribution >= 4 is 27.4 Å². The molecule has 1 aliphatic rings. The van der Waals surface area contributed by atoms with Gasteiger partial charge in [0, 0.05) is 18.8 Å². The van der Waals surface area contributed by atoms with Gasteiger partial charge in [-0.05, 0) is 74.9 Å². The van der Waals surface area contributed by atoms with Crippen LogP contribution in [0.1, 0.15) is 68.3 Å². The maximum absolute atomic E-state index is 12.9. The van der Waals surface area contributed by atoms with Crippen LogP contribution in [0.3, 0.4) is 0 Å². The zero-order valence-corrected chi connectivity index (χ0v) is 19.9. The molecule has 0 aliphatic carbocycles. The van der Waals surface area contributed by atoms with Crippen LogP contribution in [0, 0.1) is 0 Å². The molecule has 0 amide bonds. The number of rotatable bonds is 10. The summed E-state index contributed by atoms with van der Waals surface area (Å²) in [4.78, 5) is 15.0. The number of carbonyl (C=O) groups is 1. The molecule has 3 rings (SSSR count). The minimum Gasteiger partial charge on any atom is -0.462 e. The van der Waals surface area contributed by atoms with Gasteiger partial charge in [0.15, 0.2) is 0 Å². The van der Waals surface area contributed by atoms with Gasteiger partial charge in [0.2, 0.25) is 0 Å². The van der Waals surface area contributed by atoms with Gasteiger partial charge in [0.05, 0.1) is 22.8 Å². The van der Waals surface area contributed by atoms with E-state index < -0.39 is 16.0 Å². The second-order valence-electron chi connectivity index (χ2n) is 8.21. The van der Waals surface area contributed by atoms with Crippen LogP contribution in [0.4, 0.5) is 11.4 Å². The lowest BCUT2D eigenvalue weighted by Gasteiger charge is -2.30. The summed E-state index contributed by atoms with van der Waals surface area (Å²) in [6.07, 6.45) is 7.69.